The first kappa shape index (κ1) is 13.4. The summed E-state index contributed by atoms with van der Waals surface area (Å²) in [5.74, 6) is 0.945. The molecule has 0 unspecified atom stereocenters. The fourth-order valence-electron chi connectivity index (χ4n) is 2.27. The molecule has 2 rings (SSSR count). The number of hydrogen-bond donors (Lipinski definition) is 1. The summed E-state index contributed by atoms with van der Waals surface area (Å²) in [5, 5.41) is 3.53. The van der Waals surface area contributed by atoms with Crippen molar-refractivity contribution in [2.24, 2.45) is 0 Å². The Morgan fingerprint density at radius 1 is 1.50 bits per heavy atom. The molecule has 1 fully saturated rings. The second-order valence-corrected chi connectivity index (χ2v) is 4.77. The fourth-order valence-corrected chi connectivity index (χ4v) is 2.27. The molecule has 0 spiro atoms. The molecule has 18 heavy (non-hydrogen) atoms. The Morgan fingerprint density at radius 2 is 2.39 bits per heavy atom. The van der Waals surface area contributed by atoms with Crippen molar-refractivity contribution >= 4 is 0 Å². The monoisotopic (exact) mass is 249 g/mol. The molecule has 3 heteroatoms. The van der Waals surface area contributed by atoms with Gasteiger partial charge in [-0.3, -0.25) is 0 Å². The first-order chi connectivity index (χ1) is 8.79. The van der Waals surface area contributed by atoms with Gasteiger partial charge in [0.2, 0.25) is 0 Å². The average molecular weight is 249 g/mol. The molecule has 1 aromatic rings. The minimum atomic E-state index is 0.328. The molecule has 1 heterocycles. The third-order valence-corrected chi connectivity index (χ3v) is 3.34. The zero-order valence-corrected chi connectivity index (χ0v) is 11.3. The van der Waals surface area contributed by atoms with Crippen LogP contribution in [0.2, 0.25) is 0 Å². The highest BCUT2D eigenvalue weighted by Crippen LogP contribution is 2.20. The fraction of sp³-hybridized carbons (Fsp3) is 0.600. The molecule has 3 nitrogen and oxygen atoms in total. The molecule has 1 aromatic carbocycles. The normalized spacial score (nSPS) is 20.9. The van der Waals surface area contributed by atoms with Gasteiger partial charge in [0.05, 0.1) is 12.7 Å². The molecule has 0 aromatic heterocycles. The number of hydrogen-bond acceptors (Lipinski definition) is 3. The number of nitrogens with one attached hydrogen (secondary N) is 1. The summed E-state index contributed by atoms with van der Waals surface area (Å²) >= 11 is 0. The molecule has 1 aliphatic heterocycles. The Labute approximate surface area is 109 Å². The molecule has 0 aliphatic carbocycles. The van der Waals surface area contributed by atoms with Crippen LogP contribution in [0.5, 0.6) is 5.75 Å². The van der Waals surface area contributed by atoms with Gasteiger partial charge in [-0.05, 0) is 44.4 Å². The van der Waals surface area contributed by atoms with Crippen LogP contribution in [0.3, 0.4) is 0 Å². The molecule has 0 radical (unpaired) electrons. The Kier molecular flexibility index (Phi) is 5.02. The van der Waals surface area contributed by atoms with Gasteiger partial charge in [-0.1, -0.05) is 12.1 Å². The van der Waals surface area contributed by atoms with Crippen molar-refractivity contribution in [2.75, 3.05) is 19.8 Å². The van der Waals surface area contributed by atoms with E-state index in [-0.39, 0.29) is 0 Å². The van der Waals surface area contributed by atoms with E-state index in [4.69, 9.17) is 9.47 Å². The average Bonchev–Trinajstić information content (AvgIpc) is 2.90. The van der Waals surface area contributed by atoms with Crippen LogP contribution >= 0.6 is 0 Å². The van der Waals surface area contributed by atoms with Gasteiger partial charge in [-0.15, -0.1) is 0 Å². The van der Waals surface area contributed by atoms with E-state index in [1.807, 2.05) is 19.1 Å². The quantitative estimate of drug-likeness (QED) is 0.841. The van der Waals surface area contributed by atoms with Crippen LogP contribution in [0.4, 0.5) is 0 Å². The highest BCUT2D eigenvalue weighted by molar-refractivity contribution is 5.30. The van der Waals surface area contributed by atoms with Crippen molar-refractivity contribution in [3.8, 4) is 5.75 Å². The van der Waals surface area contributed by atoms with Crippen LogP contribution < -0.4 is 10.1 Å². The van der Waals surface area contributed by atoms with E-state index in [1.54, 1.807) is 0 Å². The van der Waals surface area contributed by atoms with Gasteiger partial charge in [0, 0.05) is 19.2 Å². The van der Waals surface area contributed by atoms with Gasteiger partial charge in [-0.25, -0.2) is 0 Å². The molecule has 1 saturated heterocycles. The number of benzene rings is 1. The minimum Gasteiger partial charge on any atom is -0.494 e. The first-order valence-corrected chi connectivity index (χ1v) is 6.87. The predicted octanol–water partition coefficient (Wildman–Crippen LogP) is 2.91. The maximum atomic E-state index is 5.61. The Morgan fingerprint density at radius 3 is 3.11 bits per heavy atom. The smallest absolute Gasteiger partial charge is 0.119 e. The zero-order valence-electron chi connectivity index (χ0n) is 11.3. The molecule has 100 valence electrons. The van der Waals surface area contributed by atoms with E-state index in [9.17, 15) is 0 Å². The van der Waals surface area contributed by atoms with Crippen molar-refractivity contribution in [2.45, 2.75) is 38.8 Å². The van der Waals surface area contributed by atoms with Gasteiger partial charge < -0.3 is 14.8 Å². The van der Waals surface area contributed by atoms with E-state index in [1.165, 1.54) is 18.4 Å². The third-order valence-electron chi connectivity index (χ3n) is 3.34. The van der Waals surface area contributed by atoms with E-state index < -0.39 is 0 Å². The second kappa shape index (κ2) is 6.76. The van der Waals surface area contributed by atoms with E-state index in [0.717, 1.165) is 18.9 Å². The van der Waals surface area contributed by atoms with Crippen molar-refractivity contribution in [3.63, 3.8) is 0 Å². The molecular weight excluding hydrogens is 226 g/mol. The van der Waals surface area contributed by atoms with Crippen molar-refractivity contribution in [1.29, 1.82) is 0 Å². The second-order valence-electron chi connectivity index (χ2n) is 4.77. The van der Waals surface area contributed by atoms with Crippen molar-refractivity contribution in [3.05, 3.63) is 29.8 Å². The summed E-state index contributed by atoms with van der Waals surface area (Å²) in [5.41, 5.74) is 1.26. The summed E-state index contributed by atoms with van der Waals surface area (Å²) < 4.78 is 11.1. The van der Waals surface area contributed by atoms with Crippen LogP contribution in [-0.2, 0) is 4.74 Å². The zero-order chi connectivity index (χ0) is 12.8. The topological polar surface area (TPSA) is 30.5 Å². The van der Waals surface area contributed by atoms with Crippen molar-refractivity contribution in [1.82, 2.24) is 5.32 Å². The van der Waals surface area contributed by atoms with Gasteiger partial charge in [0.25, 0.3) is 0 Å². The van der Waals surface area contributed by atoms with E-state index in [0.29, 0.717) is 18.8 Å². The van der Waals surface area contributed by atoms with Crippen LogP contribution in [0.1, 0.15) is 38.3 Å². The van der Waals surface area contributed by atoms with Gasteiger partial charge in [0.15, 0.2) is 0 Å². The summed E-state index contributed by atoms with van der Waals surface area (Å²) in [4.78, 5) is 0. The molecule has 0 amide bonds. The Bertz CT molecular complexity index is 361. The summed E-state index contributed by atoms with van der Waals surface area (Å²) in [7, 11) is 0. The molecule has 0 saturated carbocycles. The van der Waals surface area contributed by atoms with E-state index in [2.05, 4.69) is 24.4 Å². The van der Waals surface area contributed by atoms with E-state index >= 15 is 0 Å². The lowest BCUT2D eigenvalue weighted by atomic mass is 10.1. The minimum absolute atomic E-state index is 0.328. The van der Waals surface area contributed by atoms with Crippen molar-refractivity contribution < 1.29 is 9.47 Å². The SMILES string of the molecule is CCOc1cccc([C@@H](C)NC[C@@H]2CCCO2)c1. The Balaban J connectivity index is 1.86. The Hall–Kier alpha value is -1.06. The van der Waals surface area contributed by atoms with Crippen LogP contribution in [0, 0.1) is 0 Å². The summed E-state index contributed by atoms with van der Waals surface area (Å²) in [6.07, 6.45) is 2.77. The largest absolute Gasteiger partial charge is 0.494 e. The van der Waals surface area contributed by atoms with Gasteiger partial charge in [-0.2, -0.15) is 0 Å². The molecule has 2 atom stereocenters. The summed E-state index contributed by atoms with van der Waals surface area (Å²) in [6.45, 7) is 6.74. The highest BCUT2D eigenvalue weighted by Gasteiger charge is 2.16. The lowest BCUT2D eigenvalue weighted by molar-refractivity contribution is 0.108. The first-order valence-electron chi connectivity index (χ1n) is 6.87. The third kappa shape index (κ3) is 3.72. The predicted molar refractivity (Wildman–Crippen MR) is 73.0 cm³/mol. The molecule has 1 N–H and O–H groups in total. The molecule has 1 aliphatic rings. The molecular formula is C15H23NO2. The lowest BCUT2D eigenvalue weighted by Gasteiger charge is -2.18. The number of rotatable bonds is 6. The standard InChI is InChI=1S/C15H23NO2/c1-3-17-14-7-4-6-13(10-14)12(2)16-11-15-8-5-9-18-15/h4,6-7,10,12,15-16H,3,5,8-9,11H2,1-2H3/t12-,15+/m1/s1. The van der Waals surface area contributed by atoms with Crippen LogP contribution in [0.15, 0.2) is 24.3 Å². The van der Waals surface area contributed by atoms with Crippen LogP contribution in [-0.4, -0.2) is 25.9 Å². The highest BCUT2D eigenvalue weighted by atomic mass is 16.5. The summed E-state index contributed by atoms with van der Waals surface area (Å²) in [6, 6.07) is 8.62. The maximum absolute atomic E-state index is 5.61. The number of ether oxygens (including phenoxy) is 2. The maximum Gasteiger partial charge on any atom is 0.119 e. The van der Waals surface area contributed by atoms with Gasteiger partial charge in [0.1, 0.15) is 5.75 Å². The van der Waals surface area contributed by atoms with Crippen LogP contribution in [0.25, 0.3) is 0 Å². The lowest BCUT2D eigenvalue weighted by Crippen LogP contribution is -2.28. The molecule has 0 bridgehead atoms. The van der Waals surface area contributed by atoms with Gasteiger partial charge >= 0.3 is 0 Å².